The summed E-state index contributed by atoms with van der Waals surface area (Å²) in [4.78, 5) is 19.1. The van der Waals surface area contributed by atoms with Gasteiger partial charge in [-0.15, -0.1) is 11.3 Å². The number of thiazole rings is 1. The van der Waals surface area contributed by atoms with Gasteiger partial charge in [-0.25, -0.2) is 0 Å². The predicted octanol–water partition coefficient (Wildman–Crippen LogP) is 5.86. The number of hydrogen-bond donors (Lipinski definition) is 0. The molecule has 0 N–H and O–H groups in total. The van der Waals surface area contributed by atoms with E-state index in [9.17, 15) is 4.79 Å². The molecule has 0 spiro atoms. The fourth-order valence-electron chi connectivity index (χ4n) is 3.12. The molecule has 1 amide bonds. The third kappa shape index (κ3) is 4.56. The number of carbonyl (C=O) groups excluding carboxylic acids is 1. The number of amides is 1. The van der Waals surface area contributed by atoms with Gasteiger partial charge in [0.1, 0.15) is 11.5 Å². The molecule has 0 fully saturated rings. The first-order valence-corrected chi connectivity index (χ1v) is 11.0. The Bertz CT molecular complexity index is 1130. The summed E-state index contributed by atoms with van der Waals surface area (Å²) >= 11 is 13.8. The van der Waals surface area contributed by atoms with Crippen molar-refractivity contribution in [3.8, 4) is 22.8 Å². The standard InChI is InChI=1S/C22H22Cl2N2O3S/c1-5-19-20(13-7-8-17(23)18(24)11-13)26(6-2)22(30-19)25-21(27)14-9-15(28-3)12-16(10-14)29-4/h7-12H,5-6H2,1-4H3. The molecule has 1 heterocycles. The number of nitrogens with zero attached hydrogens (tertiary/aromatic N) is 2. The van der Waals surface area contributed by atoms with Gasteiger partial charge in [-0.3, -0.25) is 4.79 Å². The van der Waals surface area contributed by atoms with Crippen LogP contribution >= 0.6 is 34.5 Å². The molecule has 1 aromatic heterocycles. The highest BCUT2D eigenvalue weighted by Crippen LogP contribution is 2.32. The van der Waals surface area contributed by atoms with Gasteiger partial charge in [-0.05, 0) is 37.6 Å². The number of rotatable bonds is 6. The first kappa shape index (κ1) is 22.4. The zero-order valence-electron chi connectivity index (χ0n) is 17.2. The molecule has 8 heteroatoms. The lowest BCUT2D eigenvalue weighted by Crippen LogP contribution is -2.17. The van der Waals surface area contributed by atoms with Gasteiger partial charge in [0.2, 0.25) is 0 Å². The number of aryl methyl sites for hydroxylation is 1. The Morgan fingerprint density at radius 1 is 1.03 bits per heavy atom. The molecule has 3 aromatic rings. The Kier molecular flexibility index (Phi) is 7.23. The molecule has 30 heavy (non-hydrogen) atoms. The summed E-state index contributed by atoms with van der Waals surface area (Å²) in [5, 5.41) is 0.993. The van der Waals surface area contributed by atoms with Crippen LogP contribution in [0.1, 0.15) is 29.1 Å². The summed E-state index contributed by atoms with van der Waals surface area (Å²) in [5.74, 6) is 0.709. The van der Waals surface area contributed by atoms with Crippen LogP contribution in [0.5, 0.6) is 11.5 Å². The normalized spacial score (nSPS) is 11.6. The molecule has 158 valence electrons. The molecule has 0 aliphatic rings. The number of halogens is 2. The predicted molar refractivity (Wildman–Crippen MR) is 122 cm³/mol. The number of aromatic nitrogens is 1. The van der Waals surface area contributed by atoms with Crippen LogP contribution in [0.25, 0.3) is 11.3 Å². The van der Waals surface area contributed by atoms with Gasteiger partial charge in [0.25, 0.3) is 5.91 Å². The number of methoxy groups -OCH3 is 2. The van der Waals surface area contributed by atoms with E-state index in [2.05, 4.69) is 11.9 Å². The van der Waals surface area contributed by atoms with E-state index in [0.29, 0.717) is 38.5 Å². The molecule has 0 unspecified atom stereocenters. The second kappa shape index (κ2) is 9.69. The minimum atomic E-state index is -0.362. The Morgan fingerprint density at radius 3 is 2.23 bits per heavy atom. The highest BCUT2D eigenvalue weighted by atomic mass is 35.5. The van der Waals surface area contributed by atoms with Crippen LogP contribution in [-0.2, 0) is 13.0 Å². The number of carbonyl (C=O) groups is 1. The Morgan fingerprint density at radius 2 is 1.70 bits per heavy atom. The lowest BCUT2D eigenvalue weighted by atomic mass is 10.1. The Labute approximate surface area is 189 Å². The van der Waals surface area contributed by atoms with E-state index in [4.69, 9.17) is 32.7 Å². The van der Waals surface area contributed by atoms with E-state index in [0.717, 1.165) is 22.6 Å². The fraction of sp³-hybridized carbons (Fsp3) is 0.273. The van der Waals surface area contributed by atoms with Crippen molar-refractivity contribution in [2.24, 2.45) is 4.99 Å². The van der Waals surface area contributed by atoms with Gasteiger partial charge in [0.05, 0.1) is 30.0 Å². The van der Waals surface area contributed by atoms with Gasteiger partial charge in [-0.2, -0.15) is 4.99 Å². The van der Waals surface area contributed by atoms with E-state index in [1.165, 1.54) is 11.3 Å². The summed E-state index contributed by atoms with van der Waals surface area (Å²) < 4.78 is 12.6. The maximum atomic E-state index is 12.9. The molecule has 0 saturated heterocycles. The Hall–Kier alpha value is -2.28. The molecule has 3 rings (SSSR count). The summed E-state index contributed by atoms with van der Waals surface area (Å²) in [7, 11) is 3.09. The first-order valence-electron chi connectivity index (χ1n) is 9.41. The van der Waals surface area contributed by atoms with Crippen molar-refractivity contribution >= 4 is 40.4 Å². The number of ether oxygens (including phenoxy) is 2. The smallest absolute Gasteiger partial charge is 0.279 e. The van der Waals surface area contributed by atoms with Gasteiger partial charge < -0.3 is 14.0 Å². The molecule has 5 nitrogen and oxygen atoms in total. The molecule has 0 bridgehead atoms. The van der Waals surface area contributed by atoms with Gasteiger partial charge >= 0.3 is 0 Å². The second-order valence-corrected chi connectivity index (χ2v) is 8.28. The molecular formula is C22H22Cl2N2O3S. The van der Waals surface area contributed by atoms with Crippen molar-refractivity contribution in [2.45, 2.75) is 26.8 Å². The maximum Gasteiger partial charge on any atom is 0.279 e. The third-order valence-electron chi connectivity index (χ3n) is 4.61. The molecular weight excluding hydrogens is 443 g/mol. The minimum Gasteiger partial charge on any atom is -0.497 e. The molecule has 0 aliphatic carbocycles. The summed E-state index contributed by atoms with van der Waals surface area (Å²) in [6.07, 6.45) is 0.803. The van der Waals surface area contributed by atoms with Crippen LogP contribution in [-0.4, -0.2) is 24.7 Å². The van der Waals surface area contributed by atoms with Crippen LogP contribution < -0.4 is 14.3 Å². The SMILES string of the molecule is CCc1sc(=NC(=O)c2cc(OC)cc(OC)c2)n(CC)c1-c1ccc(Cl)c(Cl)c1. The summed E-state index contributed by atoms with van der Waals surface area (Å²) in [6.45, 7) is 4.75. The van der Waals surface area contributed by atoms with Crippen LogP contribution in [0.15, 0.2) is 41.4 Å². The molecule has 0 aliphatic heterocycles. The van der Waals surface area contributed by atoms with E-state index in [-0.39, 0.29) is 5.91 Å². The van der Waals surface area contributed by atoms with Crippen LogP contribution in [0.4, 0.5) is 0 Å². The van der Waals surface area contributed by atoms with Crippen molar-refractivity contribution in [1.82, 2.24) is 4.57 Å². The fourth-order valence-corrected chi connectivity index (χ4v) is 4.57. The van der Waals surface area contributed by atoms with Crippen molar-refractivity contribution in [3.05, 3.63) is 61.7 Å². The monoisotopic (exact) mass is 464 g/mol. The molecule has 2 aromatic carbocycles. The largest absolute Gasteiger partial charge is 0.497 e. The van der Waals surface area contributed by atoms with E-state index < -0.39 is 0 Å². The van der Waals surface area contributed by atoms with Crippen molar-refractivity contribution in [2.75, 3.05) is 14.2 Å². The minimum absolute atomic E-state index is 0.362. The average Bonchev–Trinajstić information content (AvgIpc) is 3.12. The number of hydrogen-bond acceptors (Lipinski definition) is 4. The summed E-state index contributed by atoms with van der Waals surface area (Å²) in [5.41, 5.74) is 2.34. The topological polar surface area (TPSA) is 52.8 Å². The molecule has 0 radical (unpaired) electrons. The molecule has 0 atom stereocenters. The van der Waals surface area contributed by atoms with Crippen molar-refractivity contribution < 1.29 is 14.3 Å². The van der Waals surface area contributed by atoms with E-state index in [1.54, 1.807) is 38.5 Å². The lowest BCUT2D eigenvalue weighted by Gasteiger charge is -2.09. The highest BCUT2D eigenvalue weighted by molar-refractivity contribution is 7.09. The van der Waals surface area contributed by atoms with Crippen LogP contribution in [0, 0.1) is 0 Å². The van der Waals surface area contributed by atoms with Gasteiger partial charge in [0, 0.05) is 28.6 Å². The van der Waals surface area contributed by atoms with Crippen LogP contribution in [0.3, 0.4) is 0 Å². The van der Waals surface area contributed by atoms with E-state index in [1.807, 2.05) is 23.6 Å². The maximum absolute atomic E-state index is 12.9. The zero-order valence-corrected chi connectivity index (χ0v) is 19.5. The zero-order chi connectivity index (χ0) is 21.8. The highest BCUT2D eigenvalue weighted by Gasteiger charge is 2.16. The first-order chi connectivity index (χ1) is 14.4. The number of benzene rings is 2. The Balaban J connectivity index is 2.15. The van der Waals surface area contributed by atoms with Crippen molar-refractivity contribution in [3.63, 3.8) is 0 Å². The third-order valence-corrected chi connectivity index (χ3v) is 6.57. The van der Waals surface area contributed by atoms with Crippen LogP contribution in [0.2, 0.25) is 10.0 Å². The van der Waals surface area contributed by atoms with Crippen molar-refractivity contribution in [1.29, 1.82) is 0 Å². The lowest BCUT2D eigenvalue weighted by molar-refractivity contribution is 0.0997. The molecule has 0 saturated carbocycles. The van der Waals surface area contributed by atoms with Gasteiger partial charge in [0.15, 0.2) is 4.80 Å². The van der Waals surface area contributed by atoms with E-state index >= 15 is 0 Å². The van der Waals surface area contributed by atoms with Gasteiger partial charge in [-0.1, -0.05) is 36.2 Å². The average molecular weight is 465 g/mol. The second-order valence-electron chi connectivity index (χ2n) is 6.40. The summed E-state index contributed by atoms with van der Waals surface area (Å²) in [6, 6.07) is 10.6. The quantitative estimate of drug-likeness (QED) is 0.458.